The lowest BCUT2D eigenvalue weighted by Gasteiger charge is -2.29. The van der Waals surface area contributed by atoms with Crippen LogP contribution in [0.2, 0.25) is 0 Å². The highest BCUT2D eigenvalue weighted by Crippen LogP contribution is 2.22. The summed E-state index contributed by atoms with van der Waals surface area (Å²) in [5, 5.41) is 2.96. The molecule has 2 atom stereocenters. The number of allylic oxidation sites excluding steroid dienone is 1. The second-order valence-corrected chi connectivity index (χ2v) is 6.87. The van der Waals surface area contributed by atoms with Crippen LogP contribution < -0.4 is 5.32 Å². The molecule has 0 aromatic rings. The maximum atomic E-state index is 12.5. The van der Waals surface area contributed by atoms with Crippen LogP contribution in [0.3, 0.4) is 0 Å². The number of carbonyl (C=O) groups excluding carboxylic acids is 3. The molecule has 0 aromatic heterocycles. The Morgan fingerprint density at radius 3 is 2.96 bits per heavy atom. The molecule has 146 valence electrons. The summed E-state index contributed by atoms with van der Waals surface area (Å²) >= 11 is 0. The van der Waals surface area contributed by atoms with Crippen molar-refractivity contribution in [2.24, 2.45) is 10.9 Å². The molecule has 3 aliphatic rings. The molecule has 8 nitrogen and oxygen atoms in total. The number of imide groups is 1. The number of urea groups is 1. The maximum absolute atomic E-state index is 12.5. The van der Waals surface area contributed by atoms with E-state index in [1.807, 2.05) is 0 Å². The number of nitrogens with zero attached hydrogens (tertiary/aromatic N) is 3. The van der Waals surface area contributed by atoms with Gasteiger partial charge in [0, 0.05) is 25.3 Å². The Morgan fingerprint density at radius 1 is 1.41 bits per heavy atom. The van der Waals surface area contributed by atoms with E-state index in [-0.39, 0.29) is 25.0 Å². The predicted molar refractivity (Wildman–Crippen MR) is 100 cm³/mol. The molecular formula is C19H26N4O4. The molecule has 0 bridgehead atoms. The van der Waals surface area contributed by atoms with Crippen LogP contribution in [-0.2, 0) is 14.3 Å². The quantitative estimate of drug-likeness (QED) is 0.710. The summed E-state index contributed by atoms with van der Waals surface area (Å²) in [4.78, 5) is 44.5. The Hall–Kier alpha value is -2.32. The Balaban J connectivity index is 1.65. The molecule has 0 aromatic carbocycles. The predicted octanol–water partition coefficient (Wildman–Crippen LogP) is 0.749. The van der Waals surface area contributed by atoms with Gasteiger partial charge in [0.25, 0.3) is 5.91 Å². The van der Waals surface area contributed by atoms with Crippen LogP contribution in [-0.4, -0.2) is 79.3 Å². The van der Waals surface area contributed by atoms with Crippen LogP contribution in [0, 0.1) is 5.92 Å². The summed E-state index contributed by atoms with van der Waals surface area (Å²) in [5.41, 5.74) is 0.736. The van der Waals surface area contributed by atoms with Gasteiger partial charge in [-0.05, 0) is 32.0 Å². The molecule has 3 rings (SSSR count). The van der Waals surface area contributed by atoms with Gasteiger partial charge in [-0.3, -0.25) is 19.4 Å². The Kier molecular flexibility index (Phi) is 6.18. The highest BCUT2D eigenvalue weighted by atomic mass is 16.5. The monoisotopic (exact) mass is 374 g/mol. The number of methoxy groups -OCH3 is 1. The minimum absolute atomic E-state index is 0.168. The fourth-order valence-electron chi connectivity index (χ4n) is 3.72. The molecule has 2 aliphatic heterocycles. The zero-order valence-electron chi connectivity index (χ0n) is 15.8. The lowest BCUT2D eigenvalue weighted by Crippen LogP contribution is -2.47. The molecule has 27 heavy (non-hydrogen) atoms. The first-order chi connectivity index (χ1) is 13.0. The summed E-state index contributed by atoms with van der Waals surface area (Å²) in [6.45, 7) is 5.20. The fourth-order valence-corrected chi connectivity index (χ4v) is 3.72. The van der Waals surface area contributed by atoms with E-state index in [0.29, 0.717) is 23.9 Å². The van der Waals surface area contributed by atoms with Crippen molar-refractivity contribution in [2.75, 3.05) is 39.9 Å². The molecule has 0 saturated carbocycles. The van der Waals surface area contributed by atoms with Crippen molar-refractivity contribution < 1.29 is 19.1 Å². The van der Waals surface area contributed by atoms with E-state index < -0.39 is 11.9 Å². The van der Waals surface area contributed by atoms with E-state index >= 15 is 0 Å². The molecule has 0 radical (unpaired) electrons. The zero-order valence-corrected chi connectivity index (χ0v) is 15.8. The second-order valence-electron chi connectivity index (χ2n) is 6.87. The van der Waals surface area contributed by atoms with Gasteiger partial charge >= 0.3 is 6.03 Å². The first-order valence-corrected chi connectivity index (χ1v) is 9.40. The Labute approximate surface area is 158 Å². The smallest absolute Gasteiger partial charge is 0.350 e. The average Bonchev–Trinajstić information content (AvgIpc) is 3.13. The lowest BCUT2D eigenvalue weighted by molar-refractivity contribution is -0.130. The summed E-state index contributed by atoms with van der Waals surface area (Å²) in [6.07, 6.45) is 7.04. The summed E-state index contributed by atoms with van der Waals surface area (Å²) in [5.74, 6) is -1.17. The molecule has 4 amide bonds. The average molecular weight is 374 g/mol. The van der Waals surface area contributed by atoms with Gasteiger partial charge < -0.3 is 10.1 Å². The minimum atomic E-state index is -0.624. The number of amides is 4. The van der Waals surface area contributed by atoms with Crippen molar-refractivity contribution in [3.63, 3.8) is 0 Å². The number of hydrogen-bond donors (Lipinski definition) is 1. The summed E-state index contributed by atoms with van der Waals surface area (Å²) in [7, 11) is 1.51. The summed E-state index contributed by atoms with van der Waals surface area (Å²) < 4.78 is 4.93. The lowest BCUT2D eigenvalue weighted by atomic mass is 9.91. The second kappa shape index (κ2) is 8.58. The van der Waals surface area contributed by atoms with Gasteiger partial charge in [0.1, 0.15) is 0 Å². The van der Waals surface area contributed by atoms with Crippen LogP contribution in [0.25, 0.3) is 0 Å². The number of rotatable bonds is 7. The number of carbonyl (C=O) groups is 3. The highest BCUT2D eigenvalue weighted by Gasteiger charge is 2.36. The van der Waals surface area contributed by atoms with Crippen LogP contribution in [0.1, 0.15) is 19.8 Å². The van der Waals surface area contributed by atoms with Crippen LogP contribution in [0.15, 0.2) is 28.8 Å². The molecule has 1 aliphatic carbocycles. The number of nitrogens with one attached hydrogen (secondary N) is 1. The third-order valence-electron chi connectivity index (χ3n) is 5.26. The molecule has 0 spiro atoms. The molecular weight excluding hydrogens is 348 g/mol. The van der Waals surface area contributed by atoms with E-state index in [1.165, 1.54) is 13.2 Å². The van der Waals surface area contributed by atoms with Crippen LogP contribution >= 0.6 is 0 Å². The Morgan fingerprint density at radius 2 is 2.22 bits per heavy atom. The van der Waals surface area contributed by atoms with Gasteiger partial charge in [-0.15, -0.1) is 0 Å². The molecule has 2 heterocycles. The molecule has 8 heteroatoms. The number of hydrogen-bond acceptors (Lipinski definition) is 5. The number of likely N-dealkylation sites (N-methyl/N-ethyl adjacent to an activating group) is 1. The van der Waals surface area contributed by atoms with E-state index in [2.05, 4.69) is 22.1 Å². The van der Waals surface area contributed by atoms with Gasteiger partial charge in [-0.1, -0.05) is 19.1 Å². The van der Waals surface area contributed by atoms with Crippen LogP contribution in [0.4, 0.5) is 4.79 Å². The van der Waals surface area contributed by atoms with E-state index in [4.69, 9.17) is 4.74 Å². The molecule has 2 unspecified atom stereocenters. The van der Waals surface area contributed by atoms with Gasteiger partial charge in [0.05, 0.1) is 24.8 Å². The van der Waals surface area contributed by atoms with Crippen molar-refractivity contribution >= 4 is 23.6 Å². The van der Waals surface area contributed by atoms with Gasteiger partial charge in [-0.25, -0.2) is 4.79 Å². The van der Waals surface area contributed by atoms with Crippen molar-refractivity contribution in [3.05, 3.63) is 23.8 Å². The normalized spacial score (nSPS) is 25.3. The van der Waals surface area contributed by atoms with Crippen molar-refractivity contribution in [3.8, 4) is 0 Å². The van der Waals surface area contributed by atoms with Crippen LogP contribution in [0.5, 0.6) is 0 Å². The SMILES string of the molecule is CCN1CCCC1CNC(=O)C1=CC2=NC(=O)N(CCOC)C(=O)C2C=C1. The standard InChI is InChI=1S/C19H26N4O4/c1-3-22-8-4-5-14(22)12-20-17(24)13-6-7-15-16(11-13)21-19(26)23(18(15)25)9-10-27-2/h6-7,11,14-15H,3-5,8-10,12H2,1-2H3,(H,20,24). The first-order valence-electron chi connectivity index (χ1n) is 9.40. The number of fused-ring (bicyclic) bond motifs is 1. The topological polar surface area (TPSA) is 91.3 Å². The third-order valence-corrected chi connectivity index (χ3v) is 5.26. The van der Waals surface area contributed by atoms with Crippen molar-refractivity contribution in [1.29, 1.82) is 0 Å². The zero-order chi connectivity index (χ0) is 19.4. The van der Waals surface area contributed by atoms with Gasteiger partial charge in [0.15, 0.2) is 0 Å². The highest BCUT2D eigenvalue weighted by molar-refractivity contribution is 6.23. The van der Waals surface area contributed by atoms with Gasteiger partial charge in [0.2, 0.25) is 5.91 Å². The van der Waals surface area contributed by atoms with E-state index in [0.717, 1.165) is 30.8 Å². The van der Waals surface area contributed by atoms with E-state index in [9.17, 15) is 14.4 Å². The number of aliphatic imine (C=N–C) groups is 1. The minimum Gasteiger partial charge on any atom is -0.383 e. The van der Waals surface area contributed by atoms with Crippen molar-refractivity contribution in [2.45, 2.75) is 25.8 Å². The Bertz CT molecular complexity index is 712. The maximum Gasteiger partial charge on any atom is 0.350 e. The third kappa shape index (κ3) is 4.17. The van der Waals surface area contributed by atoms with Gasteiger partial charge in [-0.2, -0.15) is 4.99 Å². The van der Waals surface area contributed by atoms with E-state index in [1.54, 1.807) is 12.2 Å². The molecule has 1 saturated heterocycles. The number of likely N-dealkylation sites (tertiary alicyclic amines) is 1. The van der Waals surface area contributed by atoms with Crippen molar-refractivity contribution in [1.82, 2.24) is 15.1 Å². The first kappa shape index (κ1) is 19.4. The molecule has 1 fully saturated rings. The largest absolute Gasteiger partial charge is 0.383 e. The number of ether oxygens (including phenoxy) is 1. The molecule has 1 N–H and O–H groups in total. The fraction of sp³-hybridized carbons (Fsp3) is 0.579. The summed E-state index contributed by atoms with van der Waals surface area (Å²) in [6, 6.07) is -0.247.